The SMILES string of the molecule is C=Cc1cnn2cc(C(NC(=O)c3cnn(CC(F)C(F)F)c3)C3CCC(F)(F)CC3)nc2c1. The number of alkyl halides is 5. The van der Waals surface area contributed by atoms with Gasteiger partial charge in [-0.15, -0.1) is 0 Å². The van der Waals surface area contributed by atoms with Crippen LogP contribution in [0.15, 0.2) is 37.4 Å². The van der Waals surface area contributed by atoms with Crippen molar-refractivity contribution in [2.45, 2.75) is 56.8 Å². The molecule has 1 amide bonds. The normalized spacial score (nSPS) is 18.2. The number of carbonyl (C=O) groups excluding carboxylic acids is 1. The van der Waals surface area contributed by atoms with Crippen LogP contribution in [0, 0.1) is 5.92 Å². The first-order chi connectivity index (χ1) is 16.1. The number of imidazole rings is 1. The first kappa shape index (κ1) is 23.8. The number of fused-ring (bicyclic) bond motifs is 1. The summed E-state index contributed by atoms with van der Waals surface area (Å²) in [4.78, 5) is 17.5. The molecule has 0 saturated heterocycles. The Morgan fingerprint density at radius 1 is 1.21 bits per heavy atom. The summed E-state index contributed by atoms with van der Waals surface area (Å²) in [6.45, 7) is 2.99. The molecule has 0 spiro atoms. The first-order valence-corrected chi connectivity index (χ1v) is 10.8. The van der Waals surface area contributed by atoms with Crippen LogP contribution >= 0.6 is 0 Å². The standard InChI is InChI=1S/C22H23F5N6O/c1-2-13-7-18-30-17(12-33(18)29-8-13)19(14-3-5-22(26,27)6-4-14)31-21(34)15-9-28-32(10-15)11-16(23)20(24)25/h2,7-10,12,14,16,19-20H,1,3-6,11H2,(H,31,34). The van der Waals surface area contributed by atoms with E-state index >= 15 is 0 Å². The predicted molar refractivity (Wildman–Crippen MR) is 113 cm³/mol. The van der Waals surface area contributed by atoms with Gasteiger partial charge in [0.2, 0.25) is 5.92 Å². The lowest BCUT2D eigenvalue weighted by atomic mass is 9.81. The predicted octanol–water partition coefficient (Wildman–Crippen LogP) is 4.47. The van der Waals surface area contributed by atoms with Crippen LogP contribution in [0.25, 0.3) is 11.7 Å². The molecule has 1 aliphatic carbocycles. The van der Waals surface area contributed by atoms with E-state index in [-0.39, 0.29) is 37.2 Å². The maximum atomic E-state index is 13.8. The van der Waals surface area contributed by atoms with Crippen LogP contribution in [0.1, 0.15) is 53.3 Å². The maximum Gasteiger partial charge on any atom is 0.271 e. The number of nitrogens with one attached hydrogen (secondary N) is 1. The summed E-state index contributed by atoms with van der Waals surface area (Å²) < 4.78 is 68.2. The van der Waals surface area contributed by atoms with Crippen molar-refractivity contribution in [2.75, 3.05) is 0 Å². The van der Waals surface area contributed by atoms with E-state index in [1.165, 1.54) is 4.52 Å². The monoisotopic (exact) mass is 482 g/mol. The van der Waals surface area contributed by atoms with E-state index in [4.69, 9.17) is 0 Å². The molecule has 0 bridgehead atoms. The Morgan fingerprint density at radius 3 is 2.62 bits per heavy atom. The third kappa shape index (κ3) is 5.26. The molecular weight excluding hydrogens is 459 g/mol. The van der Waals surface area contributed by atoms with Gasteiger partial charge in [-0.3, -0.25) is 9.48 Å². The number of hydrogen-bond acceptors (Lipinski definition) is 4. The second-order valence-electron chi connectivity index (χ2n) is 8.41. The quantitative estimate of drug-likeness (QED) is 0.481. The fraction of sp³-hybridized carbons (Fsp3) is 0.455. The Labute approximate surface area is 191 Å². The van der Waals surface area contributed by atoms with E-state index in [9.17, 15) is 26.7 Å². The molecule has 1 N–H and O–H groups in total. The molecule has 3 heterocycles. The Balaban J connectivity index is 1.58. The number of halogens is 5. The average molecular weight is 482 g/mol. The molecule has 3 aromatic rings. The van der Waals surface area contributed by atoms with Crippen LogP contribution in [0.3, 0.4) is 0 Å². The molecule has 34 heavy (non-hydrogen) atoms. The molecule has 2 unspecified atom stereocenters. The van der Waals surface area contributed by atoms with Gasteiger partial charge >= 0.3 is 0 Å². The molecule has 0 aromatic carbocycles. The van der Waals surface area contributed by atoms with Crippen LogP contribution < -0.4 is 5.32 Å². The molecule has 2 atom stereocenters. The van der Waals surface area contributed by atoms with Crippen molar-refractivity contribution < 1.29 is 26.7 Å². The lowest BCUT2D eigenvalue weighted by Gasteiger charge is -2.33. The molecular formula is C22H23F5N6O. The van der Waals surface area contributed by atoms with Crippen molar-refractivity contribution in [1.82, 2.24) is 29.7 Å². The van der Waals surface area contributed by atoms with Gasteiger partial charge in [-0.25, -0.2) is 31.5 Å². The smallest absolute Gasteiger partial charge is 0.271 e. The minimum absolute atomic E-state index is 0.0310. The number of aromatic nitrogens is 5. The zero-order valence-electron chi connectivity index (χ0n) is 18.1. The molecule has 0 radical (unpaired) electrons. The zero-order chi connectivity index (χ0) is 24.5. The summed E-state index contributed by atoms with van der Waals surface area (Å²) in [5, 5.41) is 10.8. The van der Waals surface area contributed by atoms with Crippen molar-refractivity contribution in [3.8, 4) is 0 Å². The summed E-state index contributed by atoms with van der Waals surface area (Å²) in [5.41, 5.74) is 1.72. The van der Waals surface area contributed by atoms with E-state index < -0.39 is 37.0 Å². The van der Waals surface area contributed by atoms with E-state index in [0.29, 0.717) is 11.3 Å². The second-order valence-corrected chi connectivity index (χ2v) is 8.41. The van der Waals surface area contributed by atoms with Crippen molar-refractivity contribution in [3.63, 3.8) is 0 Å². The molecule has 1 aliphatic rings. The molecule has 12 heteroatoms. The van der Waals surface area contributed by atoms with E-state index in [1.807, 2.05) is 0 Å². The minimum atomic E-state index is -3.17. The van der Waals surface area contributed by atoms with E-state index in [0.717, 1.165) is 22.6 Å². The molecule has 7 nitrogen and oxygen atoms in total. The highest BCUT2D eigenvalue weighted by molar-refractivity contribution is 5.94. The number of nitrogens with zero attached hydrogens (tertiary/aromatic N) is 5. The number of carbonyl (C=O) groups is 1. The van der Waals surface area contributed by atoms with E-state index in [1.54, 1.807) is 24.5 Å². The lowest BCUT2D eigenvalue weighted by molar-refractivity contribution is -0.0495. The summed E-state index contributed by atoms with van der Waals surface area (Å²) in [7, 11) is 0. The highest BCUT2D eigenvalue weighted by Gasteiger charge is 2.39. The zero-order valence-corrected chi connectivity index (χ0v) is 18.1. The number of hydrogen-bond donors (Lipinski definition) is 1. The Bertz CT molecular complexity index is 1170. The van der Waals surface area contributed by atoms with Gasteiger partial charge in [-0.2, -0.15) is 10.2 Å². The first-order valence-electron chi connectivity index (χ1n) is 10.8. The average Bonchev–Trinajstić information content (AvgIpc) is 3.44. The van der Waals surface area contributed by atoms with Crippen molar-refractivity contribution in [2.24, 2.45) is 5.92 Å². The van der Waals surface area contributed by atoms with Crippen molar-refractivity contribution in [3.05, 3.63) is 54.3 Å². The summed E-state index contributed by atoms with van der Waals surface area (Å²) in [6, 6.07) is 1.05. The molecule has 0 aliphatic heterocycles. The van der Waals surface area contributed by atoms with Gasteiger partial charge in [0.15, 0.2) is 11.8 Å². The highest BCUT2D eigenvalue weighted by Crippen LogP contribution is 2.41. The van der Waals surface area contributed by atoms with Crippen molar-refractivity contribution in [1.29, 1.82) is 0 Å². The largest absolute Gasteiger partial charge is 0.343 e. The van der Waals surface area contributed by atoms with E-state index in [2.05, 4.69) is 27.1 Å². The fourth-order valence-corrected chi connectivity index (χ4v) is 4.06. The van der Waals surface area contributed by atoms with Gasteiger partial charge in [-0.05, 0) is 30.4 Å². The van der Waals surface area contributed by atoms with Crippen LogP contribution in [0.4, 0.5) is 22.0 Å². The van der Waals surface area contributed by atoms with Crippen LogP contribution in [0.5, 0.6) is 0 Å². The highest BCUT2D eigenvalue weighted by atomic mass is 19.3. The summed E-state index contributed by atoms with van der Waals surface area (Å²) in [6.07, 6.45) is 1.28. The number of rotatable bonds is 8. The van der Waals surface area contributed by atoms with Gasteiger partial charge in [0.1, 0.15) is 0 Å². The fourth-order valence-electron chi connectivity index (χ4n) is 4.06. The van der Waals surface area contributed by atoms with Gasteiger partial charge in [0.05, 0.1) is 42.4 Å². The molecule has 182 valence electrons. The van der Waals surface area contributed by atoms with Gasteiger partial charge < -0.3 is 5.32 Å². The lowest BCUT2D eigenvalue weighted by Crippen LogP contribution is -2.37. The second kappa shape index (κ2) is 9.51. The Hall–Kier alpha value is -3.31. The van der Waals surface area contributed by atoms with Crippen molar-refractivity contribution >= 4 is 17.6 Å². The van der Waals surface area contributed by atoms with Crippen LogP contribution in [-0.4, -0.2) is 48.8 Å². The third-order valence-electron chi connectivity index (χ3n) is 5.96. The third-order valence-corrected chi connectivity index (χ3v) is 5.96. The van der Waals surface area contributed by atoms with Crippen LogP contribution in [-0.2, 0) is 6.54 Å². The molecule has 3 aromatic heterocycles. The van der Waals surface area contributed by atoms with Gasteiger partial charge in [-0.1, -0.05) is 12.7 Å². The van der Waals surface area contributed by atoms with Gasteiger partial charge in [0.25, 0.3) is 12.3 Å². The molecule has 1 saturated carbocycles. The Kier molecular flexibility index (Phi) is 6.67. The topological polar surface area (TPSA) is 77.1 Å². The maximum absolute atomic E-state index is 13.8. The summed E-state index contributed by atoms with van der Waals surface area (Å²) in [5.74, 6) is -3.66. The van der Waals surface area contributed by atoms with Crippen LogP contribution in [0.2, 0.25) is 0 Å². The Morgan fingerprint density at radius 2 is 1.94 bits per heavy atom. The van der Waals surface area contributed by atoms with Gasteiger partial charge in [0, 0.05) is 19.0 Å². The molecule has 1 fully saturated rings. The molecule has 4 rings (SSSR count). The summed E-state index contributed by atoms with van der Waals surface area (Å²) >= 11 is 0. The number of amides is 1. The minimum Gasteiger partial charge on any atom is -0.343 e.